The number of H-pyrrole nitrogens is 1. The fraction of sp³-hybridized carbons (Fsp3) is 0.688. The number of piperidine rings is 1. The maximum atomic E-state index is 12.5. The topological polar surface area (TPSA) is 78.1 Å². The molecule has 1 aromatic heterocycles. The van der Waals surface area contributed by atoms with Crippen molar-refractivity contribution < 1.29 is 4.79 Å². The molecule has 0 bridgehead atoms. The summed E-state index contributed by atoms with van der Waals surface area (Å²) in [5.74, 6) is 0.185. The van der Waals surface area contributed by atoms with Crippen LogP contribution in [0.3, 0.4) is 0 Å². The minimum atomic E-state index is -0.203. The van der Waals surface area contributed by atoms with Gasteiger partial charge in [0.25, 0.3) is 5.56 Å². The summed E-state index contributed by atoms with van der Waals surface area (Å²) in [4.78, 5) is 26.0. The molecule has 2 heterocycles. The maximum Gasteiger partial charge on any atom is 0.266 e. The second kappa shape index (κ2) is 6.94. The molecule has 0 radical (unpaired) electrons. The Labute approximate surface area is 130 Å². The standard InChI is InChI=1S/C16H24N4O2/c21-15-9-14(10-17-19-15)20-8-4-5-12(11-20)16(22)18-13-6-2-1-3-7-13/h9-10,12-13H,1-8,11H2,(H,18,22)(H,19,21). The lowest BCUT2D eigenvalue weighted by Crippen LogP contribution is -2.46. The van der Waals surface area contributed by atoms with Gasteiger partial charge in [0.2, 0.25) is 5.91 Å². The fourth-order valence-electron chi connectivity index (χ4n) is 3.53. The number of anilines is 1. The molecule has 0 aromatic carbocycles. The molecule has 3 rings (SSSR count). The van der Waals surface area contributed by atoms with Crippen molar-refractivity contribution in [2.75, 3.05) is 18.0 Å². The van der Waals surface area contributed by atoms with E-state index in [1.165, 1.54) is 19.3 Å². The number of rotatable bonds is 3. The molecule has 1 atom stereocenters. The molecule has 1 saturated carbocycles. The average molecular weight is 304 g/mol. The number of hydrogen-bond donors (Lipinski definition) is 2. The van der Waals surface area contributed by atoms with Crippen molar-refractivity contribution in [3.8, 4) is 0 Å². The first-order valence-electron chi connectivity index (χ1n) is 8.32. The number of nitrogens with zero attached hydrogens (tertiary/aromatic N) is 2. The molecule has 2 N–H and O–H groups in total. The Morgan fingerprint density at radius 2 is 2.05 bits per heavy atom. The van der Waals surface area contributed by atoms with E-state index in [1.807, 2.05) is 0 Å². The van der Waals surface area contributed by atoms with Gasteiger partial charge in [-0.05, 0) is 25.7 Å². The molecule has 2 fully saturated rings. The van der Waals surface area contributed by atoms with Gasteiger partial charge < -0.3 is 10.2 Å². The van der Waals surface area contributed by atoms with Crippen LogP contribution in [0, 0.1) is 5.92 Å². The minimum Gasteiger partial charge on any atom is -0.369 e. The van der Waals surface area contributed by atoms with Crippen LogP contribution in [0.25, 0.3) is 0 Å². The first kappa shape index (κ1) is 15.1. The molecule has 1 unspecified atom stereocenters. The van der Waals surface area contributed by atoms with Crippen molar-refractivity contribution in [2.24, 2.45) is 5.92 Å². The molecule has 120 valence electrons. The Bertz CT molecular complexity index is 565. The molecule has 1 saturated heterocycles. The maximum absolute atomic E-state index is 12.5. The lowest BCUT2D eigenvalue weighted by atomic mass is 9.93. The monoisotopic (exact) mass is 304 g/mol. The van der Waals surface area contributed by atoms with Crippen LogP contribution >= 0.6 is 0 Å². The van der Waals surface area contributed by atoms with Crippen molar-refractivity contribution >= 4 is 11.6 Å². The molecule has 1 amide bonds. The smallest absolute Gasteiger partial charge is 0.266 e. The molecular formula is C16H24N4O2. The number of aromatic amines is 1. The molecule has 6 nitrogen and oxygen atoms in total. The summed E-state index contributed by atoms with van der Waals surface area (Å²) < 4.78 is 0. The molecule has 1 aliphatic carbocycles. The highest BCUT2D eigenvalue weighted by Gasteiger charge is 2.28. The van der Waals surface area contributed by atoms with Gasteiger partial charge in [-0.3, -0.25) is 9.59 Å². The first-order valence-corrected chi connectivity index (χ1v) is 8.32. The number of nitrogens with one attached hydrogen (secondary N) is 2. The summed E-state index contributed by atoms with van der Waals surface area (Å²) >= 11 is 0. The van der Waals surface area contributed by atoms with E-state index >= 15 is 0 Å². The first-order chi connectivity index (χ1) is 10.7. The Morgan fingerprint density at radius 1 is 1.23 bits per heavy atom. The van der Waals surface area contributed by atoms with E-state index in [0.29, 0.717) is 12.6 Å². The predicted molar refractivity (Wildman–Crippen MR) is 84.8 cm³/mol. The minimum absolute atomic E-state index is 0.00923. The molecule has 0 spiro atoms. The summed E-state index contributed by atoms with van der Waals surface area (Å²) in [6.07, 6.45) is 9.50. The van der Waals surface area contributed by atoms with E-state index in [-0.39, 0.29) is 17.4 Å². The Balaban J connectivity index is 1.60. The highest BCUT2D eigenvalue weighted by atomic mass is 16.2. The van der Waals surface area contributed by atoms with Gasteiger partial charge in [0, 0.05) is 25.2 Å². The third-order valence-corrected chi connectivity index (χ3v) is 4.76. The van der Waals surface area contributed by atoms with Crippen molar-refractivity contribution in [1.82, 2.24) is 15.5 Å². The Morgan fingerprint density at radius 3 is 2.82 bits per heavy atom. The second-order valence-corrected chi connectivity index (χ2v) is 6.43. The lowest BCUT2D eigenvalue weighted by molar-refractivity contribution is -0.126. The van der Waals surface area contributed by atoms with Gasteiger partial charge in [-0.15, -0.1) is 0 Å². The van der Waals surface area contributed by atoms with Crippen LogP contribution in [-0.4, -0.2) is 35.2 Å². The molecule has 2 aliphatic rings. The van der Waals surface area contributed by atoms with Crippen LogP contribution in [0.15, 0.2) is 17.1 Å². The number of carbonyl (C=O) groups is 1. The van der Waals surface area contributed by atoms with Gasteiger partial charge in [0.15, 0.2) is 0 Å². The van der Waals surface area contributed by atoms with E-state index in [1.54, 1.807) is 12.3 Å². The summed E-state index contributed by atoms with van der Waals surface area (Å²) in [6, 6.07) is 1.91. The second-order valence-electron chi connectivity index (χ2n) is 6.43. The van der Waals surface area contributed by atoms with Crippen molar-refractivity contribution in [3.63, 3.8) is 0 Å². The summed E-state index contributed by atoms with van der Waals surface area (Å²) in [7, 11) is 0. The van der Waals surface area contributed by atoms with Crippen LogP contribution in [0.1, 0.15) is 44.9 Å². The quantitative estimate of drug-likeness (QED) is 0.885. The number of hydrogen-bond acceptors (Lipinski definition) is 4. The van der Waals surface area contributed by atoms with Gasteiger partial charge in [0.05, 0.1) is 17.8 Å². The van der Waals surface area contributed by atoms with E-state index in [2.05, 4.69) is 20.4 Å². The average Bonchev–Trinajstić information content (AvgIpc) is 2.56. The number of amides is 1. The third kappa shape index (κ3) is 3.67. The van der Waals surface area contributed by atoms with Crippen LogP contribution in [0.2, 0.25) is 0 Å². The van der Waals surface area contributed by atoms with Gasteiger partial charge in [0.1, 0.15) is 0 Å². The molecule has 1 aromatic rings. The Hall–Kier alpha value is -1.85. The highest BCUT2D eigenvalue weighted by molar-refractivity contribution is 5.80. The third-order valence-electron chi connectivity index (χ3n) is 4.76. The molecular weight excluding hydrogens is 280 g/mol. The summed E-state index contributed by atoms with van der Waals surface area (Å²) in [5.41, 5.74) is 0.602. The van der Waals surface area contributed by atoms with E-state index in [9.17, 15) is 9.59 Å². The zero-order chi connectivity index (χ0) is 15.4. The van der Waals surface area contributed by atoms with E-state index < -0.39 is 0 Å². The van der Waals surface area contributed by atoms with E-state index in [4.69, 9.17) is 0 Å². The van der Waals surface area contributed by atoms with Gasteiger partial charge in [-0.2, -0.15) is 5.10 Å². The molecule has 6 heteroatoms. The van der Waals surface area contributed by atoms with Gasteiger partial charge in [-0.25, -0.2) is 5.10 Å². The zero-order valence-electron chi connectivity index (χ0n) is 12.9. The van der Waals surface area contributed by atoms with Crippen molar-refractivity contribution in [3.05, 3.63) is 22.6 Å². The van der Waals surface area contributed by atoms with Crippen LogP contribution in [0.5, 0.6) is 0 Å². The summed E-state index contributed by atoms with van der Waals surface area (Å²) in [5, 5.41) is 9.45. The van der Waals surface area contributed by atoms with Crippen LogP contribution in [-0.2, 0) is 4.79 Å². The largest absolute Gasteiger partial charge is 0.369 e. The Kier molecular flexibility index (Phi) is 4.75. The lowest BCUT2D eigenvalue weighted by Gasteiger charge is -2.34. The van der Waals surface area contributed by atoms with Crippen LogP contribution < -0.4 is 15.8 Å². The normalized spacial score (nSPS) is 23.3. The SMILES string of the molecule is O=C(NC1CCCCC1)C1CCCN(c2cn[nH]c(=O)c2)C1. The van der Waals surface area contributed by atoms with Crippen molar-refractivity contribution in [1.29, 1.82) is 0 Å². The van der Waals surface area contributed by atoms with Gasteiger partial charge in [-0.1, -0.05) is 19.3 Å². The van der Waals surface area contributed by atoms with Crippen LogP contribution in [0.4, 0.5) is 5.69 Å². The highest BCUT2D eigenvalue weighted by Crippen LogP contribution is 2.23. The summed E-state index contributed by atoms with van der Waals surface area (Å²) in [6.45, 7) is 1.54. The predicted octanol–water partition coefficient (Wildman–Crippen LogP) is 1.44. The van der Waals surface area contributed by atoms with Crippen molar-refractivity contribution in [2.45, 2.75) is 51.0 Å². The molecule has 1 aliphatic heterocycles. The van der Waals surface area contributed by atoms with Gasteiger partial charge >= 0.3 is 0 Å². The number of aromatic nitrogens is 2. The molecule has 22 heavy (non-hydrogen) atoms. The zero-order valence-corrected chi connectivity index (χ0v) is 12.9. The fourth-order valence-corrected chi connectivity index (χ4v) is 3.53. The van der Waals surface area contributed by atoms with E-state index in [0.717, 1.165) is 37.9 Å². The number of carbonyl (C=O) groups excluding carboxylic acids is 1.